The van der Waals surface area contributed by atoms with E-state index in [0.717, 1.165) is 24.8 Å². The number of nitrogens with one attached hydrogen (secondary N) is 1. The third-order valence-electron chi connectivity index (χ3n) is 3.11. The Labute approximate surface area is 91.3 Å². The highest BCUT2D eigenvalue weighted by molar-refractivity contribution is 4.87. The van der Waals surface area contributed by atoms with Crippen LogP contribution in [0.4, 0.5) is 0 Å². The first-order valence-corrected chi connectivity index (χ1v) is 5.92. The molecule has 0 atom stereocenters. The maximum Gasteiger partial charge on any atom is 0.141 e. The second kappa shape index (κ2) is 5.81. The maximum atomic E-state index is 4.17. The molecule has 1 saturated carbocycles. The predicted octanol–water partition coefficient (Wildman–Crippen LogP) is 2.15. The molecule has 3 heteroatoms. The van der Waals surface area contributed by atoms with Crippen LogP contribution in [0.5, 0.6) is 0 Å². The SMILES string of the molecule is c1cnc(CNCCC2CCCC2)nc1. The second-order valence-corrected chi connectivity index (χ2v) is 4.28. The van der Waals surface area contributed by atoms with E-state index in [4.69, 9.17) is 0 Å². The van der Waals surface area contributed by atoms with E-state index >= 15 is 0 Å². The average molecular weight is 205 g/mol. The predicted molar refractivity (Wildman–Crippen MR) is 60.3 cm³/mol. The fraction of sp³-hybridized carbons (Fsp3) is 0.667. The van der Waals surface area contributed by atoms with Crippen LogP contribution in [0.15, 0.2) is 18.5 Å². The maximum absolute atomic E-state index is 4.17. The first kappa shape index (κ1) is 10.6. The zero-order valence-electron chi connectivity index (χ0n) is 9.15. The molecule has 82 valence electrons. The van der Waals surface area contributed by atoms with Crippen molar-refractivity contribution in [3.05, 3.63) is 24.3 Å². The van der Waals surface area contributed by atoms with Crippen molar-refractivity contribution >= 4 is 0 Å². The standard InChI is InChI=1S/C12H19N3/c1-2-5-11(4-1)6-9-13-10-12-14-7-3-8-15-12/h3,7-8,11,13H,1-2,4-6,9-10H2. The zero-order valence-corrected chi connectivity index (χ0v) is 9.15. The normalized spacial score (nSPS) is 17.1. The van der Waals surface area contributed by atoms with Gasteiger partial charge >= 0.3 is 0 Å². The molecule has 0 saturated heterocycles. The van der Waals surface area contributed by atoms with Crippen molar-refractivity contribution < 1.29 is 0 Å². The van der Waals surface area contributed by atoms with Gasteiger partial charge in [0.25, 0.3) is 0 Å². The van der Waals surface area contributed by atoms with Crippen LogP contribution in [-0.4, -0.2) is 16.5 Å². The van der Waals surface area contributed by atoms with Gasteiger partial charge in [-0.15, -0.1) is 0 Å². The summed E-state index contributed by atoms with van der Waals surface area (Å²) in [4.78, 5) is 8.35. The van der Waals surface area contributed by atoms with Crippen molar-refractivity contribution in [3.63, 3.8) is 0 Å². The Morgan fingerprint density at radius 3 is 2.67 bits per heavy atom. The van der Waals surface area contributed by atoms with Gasteiger partial charge in [-0.05, 0) is 24.9 Å². The number of hydrogen-bond donors (Lipinski definition) is 1. The van der Waals surface area contributed by atoms with Gasteiger partial charge in [0.1, 0.15) is 5.82 Å². The molecule has 0 aliphatic heterocycles. The molecule has 0 radical (unpaired) electrons. The number of rotatable bonds is 5. The summed E-state index contributed by atoms with van der Waals surface area (Å²) in [7, 11) is 0. The molecule has 0 unspecified atom stereocenters. The van der Waals surface area contributed by atoms with Crippen LogP contribution in [0.3, 0.4) is 0 Å². The highest BCUT2D eigenvalue weighted by Crippen LogP contribution is 2.26. The molecule has 3 nitrogen and oxygen atoms in total. The lowest BCUT2D eigenvalue weighted by Gasteiger charge is -2.08. The Balaban J connectivity index is 1.59. The smallest absolute Gasteiger partial charge is 0.141 e. The number of hydrogen-bond acceptors (Lipinski definition) is 3. The fourth-order valence-electron chi connectivity index (χ4n) is 2.23. The molecule has 0 spiro atoms. The van der Waals surface area contributed by atoms with Gasteiger partial charge < -0.3 is 5.32 Å². The first-order chi connectivity index (χ1) is 7.45. The molecular weight excluding hydrogens is 186 g/mol. The first-order valence-electron chi connectivity index (χ1n) is 5.92. The zero-order chi connectivity index (χ0) is 10.3. The Hall–Kier alpha value is -0.960. The van der Waals surface area contributed by atoms with Crippen LogP contribution < -0.4 is 5.32 Å². The van der Waals surface area contributed by atoms with E-state index in [1.807, 2.05) is 6.07 Å². The van der Waals surface area contributed by atoms with Crippen molar-refractivity contribution in [2.24, 2.45) is 5.92 Å². The average Bonchev–Trinajstić information content (AvgIpc) is 2.79. The Bertz CT molecular complexity index is 267. The van der Waals surface area contributed by atoms with Gasteiger partial charge in [0.2, 0.25) is 0 Å². The van der Waals surface area contributed by atoms with Crippen molar-refractivity contribution in [2.45, 2.75) is 38.6 Å². The molecule has 2 rings (SSSR count). The molecule has 1 aromatic rings. The molecule has 0 aromatic carbocycles. The summed E-state index contributed by atoms with van der Waals surface area (Å²) < 4.78 is 0. The summed E-state index contributed by atoms with van der Waals surface area (Å²) in [5, 5.41) is 3.40. The van der Waals surface area contributed by atoms with E-state index in [2.05, 4.69) is 15.3 Å². The molecule has 0 amide bonds. The largest absolute Gasteiger partial charge is 0.310 e. The number of aromatic nitrogens is 2. The minimum Gasteiger partial charge on any atom is -0.310 e. The summed E-state index contributed by atoms with van der Waals surface area (Å²) in [5.74, 6) is 1.86. The van der Waals surface area contributed by atoms with Crippen LogP contribution in [0.2, 0.25) is 0 Å². The van der Waals surface area contributed by atoms with E-state index in [0.29, 0.717) is 0 Å². The lowest BCUT2D eigenvalue weighted by atomic mass is 10.0. The quantitative estimate of drug-likeness (QED) is 0.748. The molecule has 0 bridgehead atoms. The molecule has 1 N–H and O–H groups in total. The lowest BCUT2D eigenvalue weighted by molar-refractivity contribution is 0.474. The van der Waals surface area contributed by atoms with Gasteiger partial charge in [0, 0.05) is 12.4 Å². The van der Waals surface area contributed by atoms with Crippen LogP contribution in [0.25, 0.3) is 0 Å². The highest BCUT2D eigenvalue weighted by atomic mass is 14.9. The summed E-state index contributed by atoms with van der Waals surface area (Å²) in [6.07, 6.45) is 10.6. The minimum absolute atomic E-state index is 0.799. The van der Waals surface area contributed by atoms with Gasteiger partial charge in [0.15, 0.2) is 0 Å². The van der Waals surface area contributed by atoms with E-state index in [-0.39, 0.29) is 0 Å². The van der Waals surface area contributed by atoms with Gasteiger partial charge in [0.05, 0.1) is 6.54 Å². The van der Waals surface area contributed by atoms with Crippen LogP contribution in [-0.2, 0) is 6.54 Å². The molecule has 15 heavy (non-hydrogen) atoms. The van der Waals surface area contributed by atoms with Crippen molar-refractivity contribution in [3.8, 4) is 0 Å². The van der Waals surface area contributed by atoms with Crippen LogP contribution in [0, 0.1) is 5.92 Å². The molecule has 1 aromatic heterocycles. The lowest BCUT2D eigenvalue weighted by Crippen LogP contribution is -2.18. The molecule has 1 fully saturated rings. The van der Waals surface area contributed by atoms with Crippen molar-refractivity contribution in [1.29, 1.82) is 0 Å². The van der Waals surface area contributed by atoms with E-state index < -0.39 is 0 Å². The van der Waals surface area contributed by atoms with Crippen LogP contribution >= 0.6 is 0 Å². The molecule has 1 aliphatic rings. The van der Waals surface area contributed by atoms with E-state index in [1.54, 1.807) is 12.4 Å². The van der Waals surface area contributed by atoms with Gasteiger partial charge in [-0.3, -0.25) is 0 Å². The van der Waals surface area contributed by atoms with Crippen molar-refractivity contribution in [2.75, 3.05) is 6.54 Å². The summed E-state index contributed by atoms with van der Waals surface area (Å²) in [6, 6.07) is 1.85. The second-order valence-electron chi connectivity index (χ2n) is 4.28. The van der Waals surface area contributed by atoms with Gasteiger partial charge in [-0.1, -0.05) is 25.7 Å². The summed E-state index contributed by atoms with van der Waals surface area (Å²) in [6.45, 7) is 1.90. The summed E-state index contributed by atoms with van der Waals surface area (Å²) >= 11 is 0. The summed E-state index contributed by atoms with van der Waals surface area (Å²) in [5.41, 5.74) is 0. The highest BCUT2D eigenvalue weighted by Gasteiger charge is 2.13. The Morgan fingerprint density at radius 2 is 1.93 bits per heavy atom. The minimum atomic E-state index is 0.799. The molecule has 1 heterocycles. The number of nitrogens with zero attached hydrogens (tertiary/aromatic N) is 2. The van der Waals surface area contributed by atoms with E-state index in [1.165, 1.54) is 32.1 Å². The monoisotopic (exact) mass is 205 g/mol. The van der Waals surface area contributed by atoms with Crippen LogP contribution in [0.1, 0.15) is 37.9 Å². The fourth-order valence-corrected chi connectivity index (χ4v) is 2.23. The Morgan fingerprint density at radius 1 is 1.20 bits per heavy atom. The Kier molecular flexibility index (Phi) is 4.09. The third-order valence-corrected chi connectivity index (χ3v) is 3.11. The molecular formula is C12H19N3. The molecule has 1 aliphatic carbocycles. The third kappa shape index (κ3) is 3.59. The van der Waals surface area contributed by atoms with E-state index in [9.17, 15) is 0 Å². The van der Waals surface area contributed by atoms with Gasteiger partial charge in [-0.25, -0.2) is 9.97 Å². The topological polar surface area (TPSA) is 37.8 Å². The van der Waals surface area contributed by atoms with Crippen molar-refractivity contribution in [1.82, 2.24) is 15.3 Å². The van der Waals surface area contributed by atoms with Gasteiger partial charge in [-0.2, -0.15) is 0 Å².